The van der Waals surface area contributed by atoms with Gasteiger partial charge in [0, 0.05) is 38.4 Å². The number of hydrogen-bond acceptors (Lipinski definition) is 4. The number of ether oxygens (including phenoxy) is 3. The fraction of sp³-hybridized carbons (Fsp3) is 0.348. The highest BCUT2D eigenvalue weighted by atomic mass is 16.5. The van der Waals surface area contributed by atoms with E-state index >= 15 is 0 Å². The van der Waals surface area contributed by atoms with Gasteiger partial charge in [-0.25, -0.2) is 4.98 Å². The molecule has 1 aliphatic heterocycles. The lowest BCUT2D eigenvalue weighted by Gasteiger charge is -2.37. The van der Waals surface area contributed by atoms with Crippen LogP contribution in [0.2, 0.25) is 0 Å². The molecule has 0 bridgehead atoms. The van der Waals surface area contributed by atoms with Crippen LogP contribution in [0, 0.1) is 6.92 Å². The maximum absolute atomic E-state index is 6.57. The van der Waals surface area contributed by atoms with Gasteiger partial charge in [0.15, 0.2) is 0 Å². The van der Waals surface area contributed by atoms with Crippen molar-refractivity contribution >= 4 is 0 Å². The SMILES string of the molecule is COc1ccc(COC2(c3ccccc3)CCOCC2)cc1-n1ccnc1C. The molecule has 0 radical (unpaired) electrons. The molecular formula is C23H26N2O3. The van der Waals surface area contributed by atoms with Crippen LogP contribution >= 0.6 is 0 Å². The van der Waals surface area contributed by atoms with E-state index in [0.29, 0.717) is 6.61 Å². The maximum Gasteiger partial charge on any atom is 0.142 e. The van der Waals surface area contributed by atoms with Crippen LogP contribution in [-0.2, 0) is 21.7 Å². The van der Waals surface area contributed by atoms with Crippen molar-refractivity contribution < 1.29 is 14.2 Å². The van der Waals surface area contributed by atoms with Crippen molar-refractivity contribution in [3.63, 3.8) is 0 Å². The molecule has 4 rings (SSSR count). The van der Waals surface area contributed by atoms with Gasteiger partial charge in [-0.3, -0.25) is 0 Å². The van der Waals surface area contributed by atoms with Crippen LogP contribution < -0.4 is 4.74 Å². The highest BCUT2D eigenvalue weighted by Crippen LogP contribution is 2.37. The van der Waals surface area contributed by atoms with Crippen molar-refractivity contribution in [1.82, 2.24) is 9.55 Å². The number of benzene rings is 2. The monoisotopic (exact) mass is 378 g/mol. The van der Waals surface area contributed by atoms with Crippen LogP contribution in [-0.4, -0.2) is 29.9 Å². The first-order valence-electron chi connectivity index (χ1n) is 9.66. The molecule has 0 N–H and O–H groups in total. The number of nitrogens with zero attached hydrogens (tertiary/aromatic N) is 2. The van der Waals surface area contributed by atoms with E-state index in [4.69, 9.17) is 14.2 Å². The predicted molar refractivity (Wildman–Crippen MR) is 108 cm³/mol. The lowest BCUT2D eigenvalue weighted by molar-refractivity contribution is -0.124. The lowest BCUT2D eigenvalue weighted by Crippen LogP contribution is -2.36. The van der Waals surface area contributed by atoms with Crippen LogP contribution in [0.5, 0.6) is 5.75 Å². The van der Waals surface area contributed by atoms with Crippen LogP contribution in [0.4, 0.5) is 0 Å². The number of imidazole rings is 1. The van der Waals surface area contributed by atoms with Crippen LogP contribution in [0.1, 0.15) is 29.8 Å². The third kappa shape index (κ3) is 3.68. The molecule has 2 aromatic carbocycles. The molecule has 1 saturated heterocycles. The number of methoxy groups -OCH3 is 1. The Balaban J connectivity index is 1.61. The fourth-order valence-electron chi connectivity index (χ4n) is 3.83. The van der Waals surface area contributed by atoms with Gasteiger partial charge in [-0.15, -0.1) is 0 Å². The van der Waals surface area contributed by atoms with Gasteiger partial charge >= 0.3 is 0 Å². The van der Waals surface area contributed by atoms with Crippen molar-refractivity contribution in [2.45, 2.75) is 32.0 Å². The molecule has 0 saturated carbocycles. The summed E-state index contributed by atoms with van der Waals surface area (Å²) in [6.07, 6.45) is 5.47. The van der Waals surface area contributed by atoms with Gasteiger partial charge in [0.2, 0.25) is 0 Å². The first-order chi connectivity index (χ1) is 13.7. The quantitative estimate of drug-likeness (QED) is 0.637. The normalized spacial score (nSPS) is 16.1. The molecule has 0 aliphatic carbocycles. The average molecular weight is 378 g/mol. The molecule has 5 heteroatoms. The molecule has 0 unspecified atom stereocenters. The average Bonchev–Trinajstić information content (AvgIpc) is 3.19. The summed E-state index contributed by atoms with van der Waals surface area (Å²) < 4.78 is 19.8. The predicted octanol–water partition coefficient (Wildman–Crippen LogP) is 4.41. The Morgan fingerprint density at radius 3 is 2.57 bits per heavy atom. The Bertz CT molecular complexity index is 915. The minimum atomic E-state index is -0.301. The summed E-state index contributed by atoms with van der Waals surface area (Å²) in [6.45, 7) is 3.95. The van der Waals surface area contributed by atoms with E-state index < -0.39 is 0 Å². The number of hydrogen-bond donors (Lipinski definition) is 0. The Kier molecular flexibility index (Phi) is 5.46. The number of aryl methyl sites for hydroxylation is 1. The molecule has 28 heavy (non-hydrogen) atoms. The van der Waals surface area contributed by atoms with Gasteiger partial charge < -0.3 is 18.8 Å². The molecule has 1 aromatic heterocycles. The second-order valence-corrected chi connectivity index (χ2v) is 7.11. The van der Waals surface area contributed by atoms with Gasteiger partial charge in [0.1, 0.15) is 11.6 Å². The zero-order valence-corrected chi connectivity index (χ0v) is 16.4. The Hall–Kier alpha value is -2.63. The zero-order chi connectivity index (χ0) is 19.4. The van der Waals surface area contributed by atoms with E-state index in [-0.39, 0.29) is 5.60 Å². The summed E-state index contributed by atoms with van der Waals surface area (Å²) in [5, 5.41) is 0. The smallest absolute Gasteiger partial charge is 0.142 e. The summed E-state index contributed by atoms with van der Waals surface area (Å²) in [5.41, 5.74) is 2.99. The number of rotatable bonds is 6. The Labute approximate surface area is 165 Å². The summed E-state index contributed by atoms with van der Waals surface area (Å²) in [6, 6.07) is 16.7. The molecule has 5 nitrogen and oxygen atoms in total. The van der Waals surface area contributed by atoms with Crippen LogP contribution in [0.25, 0.3) is 5.69 Å². The Morgan fingerprint density at radius 1 is 1.11 bits per heavy atom. The van der Waals surface area contributed by atoms with Crippen molar-refractivity contribution in [2.24, 2.45) is 0 Å². The summed E-state index contributed by atoms with van der Waals surface area (Å²) >= 11 is 0. The molecule has 1 aliphatic rings. The standard InChI is InChI=1S/C23H26N2O3/c1-18-24-12-13-25(18)21-16-19(8-9-22(21)26-2)17-28-23(10-14-27-15-11-23)20-6-4-3-5-7-20/h3-9,12-13,16H,10-11,14-15,17H2,1-2H3. The minimum Gasteiger partial charge on any atom is -0.495 e. The highest BCUT2D eigenvalue weighted by molar-refractivity contribution is 5.49. The molecule has 146 valence electrons. The van der Waals surface area contributed by atoms with Gasteiger partial charge in [-0.1, -0.05) is 36.4 Å². The van der Waals surface area contributed by atoms with E-state index in [1.165, 1.54) is 5.56 Å². The topological polar surface area (TPSA) is 45.5 Å². The van der Waals surface area contributed by atoms with Crippen LogP contribution in [0.3, 0.4) is 0 Å². The molecule has 3 aromatic rings. The summed E-state index contributed by atoms with van der Waals surface area (Å²) in [7, 11) is 1.69. The molecule has 0 amide bonds. The second-order valence-electron chi connectivity index (χ2n) is 7.11. The van der Waals surface area contributed by atoms with E-state index in [0.717, 1.165) is 48.9 Å². The lowest BCUT2D eigenvalue weighted by atomic mass is 9.86. The summed E-state index contributed by atoms with van der Waals surface area (Å²) in [5.74, 6) is 1.73. The largest absolute Gasteiger partial charge is 0.495 e. The molecular weight excluding hydrogens is 352 g/mol. The minimum absolute atomic E-state index is 0.301. The van der Waals surface area contributed by atoms with E-state index in [9.17, 15) is 0 Å². The van der Waals surface area contributed by atoms with Crippen molar-refractivity contribution in [3.05, 3.63) is 77.9 Å². The van der Waals surface area contributed by atoms with E-state index in [1.807, 2.05) is 29.8 Å². The fourth-order valence-corrected chi connectivity index (χ4v) is 3.83. The van der Waals surface area contributed by atoms with Gasteiger partial charge in [-0.05, 0) is 30.2 Å². The van der Waals surface area contributed by atoms with Crippen molar-refractivity contribution in [3.8, 4) is 11.4 Å². The second kappa shape index (κ2) is 8.17. The number of aromatic nitrogens is 2. The zero-order valence-electron chi connectivity index (χ0n) is 16.4. The van der Waals surface area contributed by atoms with Gasteiger partial charge in [-0.2, -0.15) is 0 Å². The summed E-state index contributed by atoms with van der Waals surface area (Å²) in [4.78, 5) is 4.33. The van der Waals surface area contributed by atoms with Crippen molar-refractivity contribution in [1.29, 1.82) is 0 Å². The highest BCUT2D eigenvalue weighted by Gasteiger charge is 2.35. The first-order valence-corrected chi connectivity index (χ1v) is 9.66. The van der Waals surface area contributed by atoms with Crippen LogP contribution in [0.15, 0.2) is 60.9 Å². The van der Waals surface area contributed by atoms with E-state index in [1.54, 1.807) is 13.3 Å². The molecule has 0 spiro atoms. The van der Waals surface area contributed by atoms with Crippen molar-refractivity contribution in [2.75, 3.05) is 20.3 Å². The van der Waals surface area contributed by atoms with E-state index in [2.05, 4.69) is 41.4 Å². The van der Waals surface area contributed by atoms with Gasteiger partial charge in [0.25, 0.3) is 0 Å². The molecule has 0 atom stereocenters. The third-order valence-corrected chi connectivity index (χ3v) is 5.44. The molecule has 2 heterocycles. The Morgan fingerprint density at radius 2 is 1.89 bits per heavy atom. The third-order valence-electron chi connectivity index (χ3n) is 5.44. The first kappa shape index (κ1) is 18.7. The maximum atomic E-state index is 6.57. The van der Waals surface area contributed by atoms with Gasteiger partial charge in [0.05, 0.1) is 25.0 Å². The molecule has 1 fully saturated rings.